The highest BCUT2D eigenvalue weighted by atomic mass is 19.3. The van der Waals surface area contributed by atoms with Crippen LogP contribution in [-0.4, -0.2) is 24.1 Å². The average molecular weight is 290 g/mol. The molecule has 0 saturated heterocycles. The number of nitrogen functional groups attached to an aromatic ring is 1. The first-order chi connectivity index (χ1) is 9.36. The van der Waals surface area contributed by atoms with Crippen LogP contribution in [-0.2, 0) is 16.0 Å². The van der Waals surface area contributed by atoms with Crippen LogP contribution in [0.2, 0.25) is 0 Å². The summed E-state index contributed by atoms with van der Waals surface area (Å²) in [7, 11) is 0. The summed E-state index contributed by atoms with van der Waals surface area (Å²) in [6.45, 7) is -1.53. The topological polar surface area (TPSA) is 105 Å². The Morgan fingerprint density at radius 3 is 2.65 bits per heavy atom. The fourth-order valence-corrected chi connectivity index (χ4v) is 1.51. The summed E-state index contributed by atoms with van der Waals surface area (Å²) < 4.78 is 33.3. The fraction of sp³-hybridized carbons (Fsp3) is 0.364. The van der Waals surface area contributed by atoms with E-state index in [4.69, 9.17) is 5.73 Å². The number of anilines is 1. The number of nitro benzene ring substituents is 1. The molecule has 2 N–H and O–H groups in total. The van der Waals surface area contributed by atoms with E-state index >= 15 is 0 Å². The number of hydrogen-bond acceptors (Lipinski definition) is 6. The zero-order valence-electron chi connectivity index (χ0n) is 10.5. The lowest BCUT2D eigenvalue weighted by Gasteiger charge is -2.11. The number of alkyl halides is 2. The van der Waals surface area contributed by atoms with Gasteiger partial charge in [0.1, 0.15) is 0 Å². The van der Waals surface area contributed by atoms with Crippen LogP contribution in [0.3, 0.4) is 0 Å². The molecule has 0 bridgehead atoms. The van der Waals surface area contributed by atoms with E-state index in [1.807, 2.05) is 0 Å². The Bertz CT molecular complexity index is 522. The summed E-state index contributed by atoms with van der Waals surface area (Å²) >= 11 is 0. The van der Waals surface area contributed by atoms with Gasteiger partial charge in [-0.3, -0.25) is 14.9 Å². The molecule has 110 valence electrons. The SMILES string of the molecule is CCOC(=O)Cc1ccc([N+](=O)[O-])c(OC(F)F)c1N. The minimum Gasteiger partial charge on any atom is -0.466 e. The van der Waals surface area contributed by atoms with Crippen molar-refractivity contribution in [3.8, 4) is 5.75 Å². The molecular formula is C11H12F2N2O5. The monoisotopic (exact) mass is 290 g/mol. The largest absolute Gasteiger partial charge is 0.466 e. The molecule has 20 heavy (non-hydrogen) atoms. The second kappa shape index (κ2) is 6.64. The molecule has 1 aromatic carbocycles. The first-order valence-corrected chi connectivity index (χ1v) is 5.53. The van der Waals surface area contributed by atoms with Crippen LogP contribution in [0.1, 0.15) is 12.5 Å². The number of esters is 1. The van der Waals surface area contributed by atoms with Gasteiger partial charge in [0, 0.05) is 6.07 Å². The molecule has 0 aliphatic rings. The Labute approximate surface area is 112 Å². The normalized spacial score (nSPS) is 10.4. The molecule has 0 radical (unpaired) electrons. The van der Waals surface area contributed by atoms with Gasteiger partial charge in [-0.25, -0.2) is 0 Å². The molecule has 0 amide bonds. The van der Waals surface area contributed by atoms with Crippen molar-refractivity contribution in [3.05, 3.63) is 27.8 Å². The highest BCUT2D eigenvalue weighted by Crippen LogP contribution is 2.37. The van der Waals surface area contributed by atoms with E-state index in [2.05, 4.69) is 9.47 Å². The smallest absolute Gasteiger partial charge is 0.387 e. The van der Waals surface area contributed by atoms with Crippen molar-refractivity contribution in [3.63, 3.8) is 0 Å². The summed E-state index contributed by atoms with van der Waals surface area (Å²) in [4.78, 5) is 21.1. The quantitative estimate of drug-likeness (QED) is 0.371. The maximum Gasteiger partial charge on any atom is 0.387 e. The molecule has 0 saturated carbocycles. The maximum atomic E-state index is 12.3. The van der Waals surface area contributed by atoms with Crippen LogP contribution in [0, 0.1) is 10.1 Å². The summed E-state index contributed by atoms with van der Waals surface area (Å²) in [5.41, 5.74) is 4.58. The van der Waals surface area contributed by atoms with Gasteiger partial charge >= 0.3 is 18.3 Å². The maximum absolute atomic E-state index is 12.3. The number of halogens is 2. The standard InChI is InChI=1S/C11H12F2N2O5/c1-2-19-8(16)5-6-3-4-7(15(17)18)10(9(6)14)20-11(12)13/h3-4,11H,2,5,14H2,1H3. The molecule has 1 aromatic rings. The number of ether oxygens (including phenoxy) is 2. The molecular weight excluding hydrogens is 278 g/mol. The zero-order valence-corrected chi connectivity index (χ0v) is 10.5. The summed E-state index contributed by atoms with van der Waals surface area (Å²) in [6, 6.07) is 2.14. The molecule has 9 heteroatoms. The van der Waals surface area contributed by atoms with Crippen molar-refractivity contribution in [1.29, 1.82) is 0 Å². The second-order valence-electron chi connectivity index (χ2n) is 3.60. The Hall–Kier alpha value is -2.45. The number of nitro groups is 1. The molecule has 0 aromatic heterocycles. The van der Waals surface area contributed by atoms with Crippen molar-refractivity contribution in [2.45, 2.75) is 20.0 Å². The summed E-state index contributed by atoms with van der Waals surface area (Å²) in [6.07, 6.45) is -0.294. The summed E-state index contributed by atoms with van der Waals surface area (Å²) in [5.74, 6) is -1.39. The van der Waals surface area contributed by atoms with Crippen molar-refractivity contribution in [1.82, 2.24) is 0 Å². The Kier molecular flexibility index (Phi) is 5.18. The van der Waals surface area contributed by atoms with E-state index in [0.29, 0.717) is 0 Å². The Balaban J connectivity index is 3.16. The highest BCUT2D eigenvalue weighted by molar-refractivity contribution is 5.78. The van der Waals surface area contributed by atoms with Crippen LogP contribution in [0.25, 0.3) is 0 Å². The van der Waals surface area contributed by atoms with Gasteiger partial charge in [-0.15, -0.1) is 0 Å². The number of hydrogen-bond donors (Lipinski definition) is 1. The summed E-state index contributed by atoms with van der Waals surface area (Å²) in [5, 5.41) is 10.7. The Morgan fingerprint density at radius 1 is 1.50 bits per heavy atom. The highest BCUT2D eigenvalue weighted by Gasteiger charge is 2.24. The average Bonchev–Trinajstić information content (AvgIpc) is 2.33. The van der Waals surface area contributed by atoms with Gasteiger partial charge in [-0.05, 0) is 18.6 Å². The molecule has 7 nitrogen and oxygen atoms in total. The van der Waals surface area contributed by atoms with E-state index in [1.54, 1.807) is 6.92 Å². The predicted molar refractivity (Wildman–Crippen MR) is 64.5 cm³/mol. The van der Waals surface area contributed by atoms with Crippen LogP contribution in [0.5, 0.6) is 5.75 Å². The van der Waals surface area contributed by atoms with Gasteiger partial charge in [-0.2, -0.15) is 8.78 Å². The lowest BCUT2D eigenvalue weighted by Crippen LogP contribution is -2.12. The third kappa shape index (κ3) is 3.77. The zero-order chi connectivity index (χ0) is 15.3. The third-order valence-corrected chi connectivity index (χ3v) is 2.31. The van der Waals surface area contributed by atoms with Crippen molar-refractivity contribution >= 4 is 17.3 Å². The number of nitrogens with two attached hydrogens (primary N) is 1. The van der Waals surface area contributed by atoms with Crippen LogP contribution in [0.4, 0.5) is 20.2 Å². The minimum atomic E-state index is -3.27. The molecule has 0 spiro atoms. The van der Waals surface area contributed by atoms with Crippen molar-refractivity contribution in [2.24, 2.45) is 0 Å². The van der Waals surface area contributed by atoms with E-state index in [0.717, 1.165) is 6.07 Å². The predicted octanol–water partition coefficient (Wildman–Crippen LogP) is 1.88. The van der Waals surface area contributed by atoms with Crippen LogP contribution < -0.4 is 10.5 Å². The number of rotatable bonds is 6. The molecule has 0 fully saturated rings. The van der Waals surface area contributed by atoms with Crippen molar-refractivity contribution < 1.29 is 28.0 Å². The van der Waals surface area contributed by atoms with Gasteiger partial charge < -0.3 is 15.2 Å². The van der Waals surface area contributed by atoms with Gasteiger partial charge in [0.15, 0.2) is 0 Å². The lowest BCUT2D eigenvalue weighted by molar-refractivity contribution is -0.386. The molecule has 0 heterocycles. The third-order valence-electron chi connectivity index (χ3n) is 2.31. The molecule has 0 unspecified atom stereocenters. The minimum absolute atomic E-state index is 0.115. The second-order valence-corrected chi connectivity index (χ2v) is 3.60. The van der Waals surface area contributed by atoms with Crippen LogP contribution in [0.15, 0.2) is 12.1 Å². The molecule has 1 rings (SSSR count). The molecule has 0 aliphatic heterocycles. The number of nitrogens with zero attached hydrogens (tertiary/aromatic N) is 1. The van der Waals surface area contributed by atoms with Gasteiger partial charge in [0.05, 0.1) is 23.6 Å². The number of benzene rings is 1. The lowest BCUT2D eigenvalue weighted by atomic mass is 10.1. The number of carbonyl (C=O) groups excluding carboxylic acids is 1. The first kappa shape index (κ1) is 15.6. The van der Waals surface area contributed by atoms with Crippen molar-refractivity contribution in [2.75, 3.05) is 12.3 Å². The molecule has 0 atom stereocenters. The van der Waals surface area contributed by atoms with Gasteiger partial charge in [0.25, 0.3) is 0 Å². The van der Waals surface area contributed by atoms with Gasteiger partial charge in [-0.1, -0.05) is 0 Å². The molecule has 0 aliphatic carbocycles. The van der Waals surface area contributed by atoms with Crippen LogP contribution >= 0.6 is 0 Å². The van der Waals surface area contributed by atoms with Gasteiger partial charge in [0.2, 0.25) is 5.75 Å². The van der Waals surface area contributed by atoms with E-state index in [9.17, 15) is 23.7 Å². The van der Waals surface area contributed by atoms with E-state index < -0.39 is 28.9 Å². The number of carbonyl (C=O) groups is 1. The van der Waals surface area contributed by atoms with E-state index in [-0.39, 0.29) is 24.3 Å². The fourth-order valence-electron chi connectivity index (χ4n) is 1.51. The van der Waals surface area contributed by atoms with E-state index in [1.165, 1.54) is 6.07 Å². The Morgan fingerprint density at radius 2 is 2.15 bits per heavy atom. The first-order valence-electron chi connectivity index (χ1n) is 5.53.